The Hall–Kier alpha value is -2.34. The molecule has 27 heavy (non-hydrogen) atoms. The van der Waals surface area contributed by atoms with Crippen LogP contribution in [0.4, 0.5) is 4.39 Å². The number of hydrogen-bond acceptors (Lipinski definition) is 5. The van der Waals surface area contributed by atoms with Crippen molar-refractivity contribution in [3.8, 4) is 17.2 Å². The fraction of sp³-hybridized carbons (Fsp3) is 0.476. The van der Waals surface area contributed by atoms with Crippen molar-refractivity contribution in [2.45, 2.75) is 25.4 Å². The van der Waals surface area contributed by atoms with Gasteiger partial charge in [0.05, 0.1) is 19.4 Å². The van der Waals surface area contributed by atoms with Gasteiger partial charge < -0.3 is 19.5 Å². The minimum atomic E-state index is -0.417. The third-order valence-corrected chi connectivity index (χ3v) is 5.72. The van der Waals surface area contributed by atoms with Crippen LogP contribution in [0.5, 0.6) is 17.2 Å². The zero-order chi connectivity index (χ0) is 18.8. The molecule has 4 rings (SSSR count). The highest BCUT2D eigenvalue weighted by molar-refractivity contribution is 5.35. The first-order valence-electron chi connectivity index (χ1n) is 9.48. The number of aromatic nitrogens is 1. The lowest BCUT2D eigenvalue weighted by Crippen LogP contribution is -2.26. The fourth-order valence-corrected chi connectivity index (χ4v) is 4.38. The Labute approximate surface area is 158 Å². The van der Waals surface area contributed by atoms with Crippen molar-refractivity contribution in [3.63, 3.8) is 0 Å². The SMILES string of the molecule is COc1cccc(OC2C[C@@H]3CN(CCc4ccc(O)cn4)C[C@@H]3C2)c1F. The molecular weight excluding hydrogens is 347 g/mol. The molecule has 1 aromatic heterocycles. The first-order valence-corrected chi connectivity index (χ1v) is 9.48. The maximum Gasteiger partial charge on any atom is 0.206 e. The van der Waals surface area contributed by atoms with Gasteiger partial charge in [-0.15, -0.1) is 0 Å². The van der Waals surface area contributed by atoms with Crippen LogP contribution in [-0.4, -0.2) is 47.8 Å². The van der Waals surface area contributed by atoms with Crippen molar-refractivity contribution in [2.24, 2.45) is 11.8 Å². The molecule has 2 heterocycles. The summed E-state index contributed by atoms with van der Waals surface area (Å²) in [5.41, 5.74) is 1.000. The highest BCUT2D eigenvalue weighted by Gasteiger charge is 2.41. The van der Waals surface area contributed by atoms with Crippen molar-refractivity contribution in [2.75, 3.05) is 26.7 Å². The van der Waals surface area contributed by atoms with Crippen LogP contribution in [0.15, 0.2) is 36.5 Å². The Morgan fingerprint density at radius 1 is 1.15 bits per heavy atom. The van der Waals surface area contributed by atoms with Crippen molar-refractivity contribution < 1.29 is 19.0 Å². The molecule has 0 amide bonds. The van der Waals surface area contributed by atoms with Crippen molar-refractivity contribution in [1.82, 2.24) is 9.88 Å². The molecular formula is C21H25FN2O3. The van der Waals surface area contributed by atoms with Gasteiger partial charge in [0.25, 0.3) is 0 Å². The second-order valence-electron chi connectivity index (χ2n) is 7.52. The van der Waals surface area contributed by atoms with E-state index in [9.17, 15) is 9.50 Å². The van der Waals surface area contributed by atoms with Crippen molar-refractivity contribution in [3.05, 3.63) is 48.0 Å². The minimum absolute atomic E-state index is 0.0718. The molecule has 0 spiro atoms. The summed E-state index contributed by atoms with van der Waals surface area (Å²) in [4.78, 5) is 6.73. The second kappa shape index (κ2) is 7.72. The quantitative estimate of drug-likeness (QED) is 0.843. The van der Waals surface area contributed by atoms with E-state index in [0.29, 0.717) is 11.8 Å². The third kappa shape index (κ3) is 4.00. The number of hydrogen-bond donors (Lipinski definition) is 1. The molecule has 144 valence electrons. The van der Waals surface area contributed by atoms with Crippen LogP contribution in [0, 0.1) is 17.7 Å². The summed E-state index contributed by atoms with van der Waals surface area (Å²) in [6.07, 6.45) is 4.38. The summed E-state index contributed by atoms with van der Waals surface area (Å²) in [6.45, 7) is 3.09. The Morgan fingerprint density at radius 3 is 2.56 bits per heavy atom. The van der Waals surface area contributed by atoms with Crippen LogP contribution in [0.3, 0.4) is 0 Å². The van der Waals surface area contributed by atoms with Gasteiger partial charge in [0, 0.05) is 31.7 Å². The molecule has 0 bridgehead atoms. The number of likely N-dealkylation sites (tertiary alicyclic amines) is 1. The maximum absolute atomic E-state index is 14.3. The van der Waals surface area contributed by atoms with Crippen LogP contribution in [0.25, 0.3) is 0 Å². The number of benzene rings is 1. The first-order chi connectivity index (χ1) is 13.1. The van der Waals surface area contributed by atoms with Gasteiger partial charge >= 0.3 is 0 Å². The Kier molecular flexibility index (Phi) is 5.16. The lowest BCUT2D eigenvalue weighted by molar-refractivity contribution is 0.177. The molecule has 2 aliphatic rings. The van der Waals surface area contributed by atoms with Gasteiger partial charge in [-0.1, -0.05) is 6.07 Å². The summed E-state index contributed by atoms with van der Waals surface area (Å²) < 4.78 is 25.3. The van der Waals surface area contributed by atoms with Gasteiger partial charge in [-0.05, 0) is 48.9 Å². The van der Waals surface area contributed by atoms with Gasteiger partial charge in [0.2, 0.25) is 5.82 Å². The molecule has 1 saturated carbocycles. The number of pyridine rings is 1. The first kappa shape index (κ1) is 18.0. The molecule has 1 aliphatic carbocycles. The normalized spacial score (nSPS) is 24.7. The van der Waals surface area contributed by atoms with Crippen molar-refractivity contribution in [1.29, 1.82) is 0 Å². The number of nitrogens with zero attached hydrogens (tertiary/aromatic N) is 2. The molecule has 1 saturated heterocycles. The number of fused-ring (bicyclic) bond motifs is 1. The molecule has 5 nitrogen and oxygen atoms in total. The average Bonchev–Trinajstić information content (AvgIpc) is 3.21. The van der Waals surface area contributed by atoms with Crippen LogP contribution >= 0.6 is 0 Å². The predicted molar refractivity (Wildman–Crippen MR) is 99.6 cm³/mol. The van der Waals surface area contributed by atoms with E-state index in [0.717, 1.165) is 44.6 Å². The molecule has 6 heteroatoms. The zero-order valence-corrected chi connectivity index (χ0v) is 15.5. The van der Waals surface area contributed by atoms with E-state index in [1.807, 2.05) is 6.07 Å². The molecule has 2 fully saturated rings. The van der Waals surface area contributed by atoms with E-state index >= 15 is 0 Å². The maximum atomic E-state index is 14.3. The molecule has 0 radical (unpaired) electrons. The van der Waals surface area contributed by atoms with Gasteiger partial charge in [-0.3, -0.25) is 4.98 Å². The van der Waals surface area contributed by atoms with Gasteiger partial charge in [-0.25, -0.2) is 0 Å². The Morgan fingerprint density at radius 2 is 1.89 bits per heavy atom. The Bertz CT molecular complexity index is 769. The van der Waals surface area contributed by atoms with Gasteiger partial charge in [0.1, 0.15) is 5.75 Å². The van der Waals surface area contributed by atoms with Gasteiger partial charge in [0.15, 0.2) is 11.5 Å². The zero-order valence-electron chi connectivity index (χ0n) is 15.5. The molecule has 2 aromatic rings. The average molecular weight is 372 g/mol. The standard InChI is InChI=1S/C21H25FN2O3/c1-26-19-3-2-4-20(21(19)22)27-18-9-14-12-24(13-15(14)10-18)8-7-16-5-6-17(25)11-23-16/h2-6,11,14-15,18,25H,7-10,12-13H2,1H3/t14-,15+,18?. The van der Waals surface area contributed by atoms with Gasteiger partial charge in [-0.2, -0.15) is 4.39 Å². The number of aromatic hydroxyl groups is 1. The Balaban J connectivity index is 1.28. The smallest absolute Gasteiger partial charge is 0.206 e. The van der Waals surface area contributed by atoms with Crippen LogP contribution in [-0.2, 0) is 6.42 Å². The van der Waals surface area contributed by atoms with Crippen molar-refractivity contribution >= 4 is 0 Å². The summed E-state index contributed by atoms with van der Waals surface area (Å²) in [5.74, 6) is 1.51. The van der Waals surface area contributed by atoms with Crippen LogP contribution in [0.2, 0.25) is 0 Å². The topological polar surface area (TPSA) is 54.8 Å². The highest BCUT2D eigenvalue weighted by atomic mass is 19.1. The summed E-state index contributed by atoms with van der Waals surface area (Å²) >= 11 is 0. The highest BCUT2D eigenvalue weighted by Crippen LogP contribution is 2.40. The number of ether oxygens (including phenoxy) is 2. The minimum Gasteiger partial charge on any atom is -0.506 e. The predicted octanol–water partition coefficient (Wildman–Crippen LogP) is 3.27. The molecule has 1 aliphatic heterocycles. The van der Waals surface area contributed by atoms with E-state index in [2.05, 4.69) is 9.88 Å². The van der Waals surface area contributed by atoms with E-state index in [-0.39, 0.29) is 23.4 Å². The van der Waals surface area contributed by atoms with E-state index in [4.69, 9.17) is 9.47 Å². The molecule has 1 N–H and O–H groups in total. The third-order valence-electron chi connectivity index (χ3n) is 5.72. The monoisotopic (exact) mass is 372 g/mol. The number of methoxy groups -OCH3 is 1. The number of rotatable bonds is 6. The largest absolute Gasteiger partial charge is 0.506 e. The van der Waals surface area contributed by atoms with E-state index in [1.54, 1.807) is 24.3 Å². The summed E-state index contributed by atoms with van der Waals surface area (Å²) in [7, 11) is 1.46. The molecule has 1 unspecified atom stereocenters. The van der Waals surface area contributed by atoms with Crippen LogP contribution < -0.4 is 9.47 Å². The lowest BCUT2D eigenvalue weighted by atomic mass is 10.0. The summed E-state index contributed by atoms with van der Waals surface area (Å²) in [5, 5.41) is 9.31. The van der Waals surface area contributed by atoms with E-state index in [1.165, 1.54) is 13.3 Å². The fourth-order valence-electron chi connectivity index (χ4n) is 4.38. The van der Waals surface area contributed by atoms with Crippen LogP contribution in [0.1, 0.15) is 18.5 Å². The van der Waals surface area contributed by atoms with E-state index < -0.39 is 5.82 Å². The lowest BCUT2D eigenvalue weighted by Gasteiger charge is -2.20. The number of halogens is 1. The summed E-state index contributed by atoms with van der Waals surface area (Å²) in [6, 6.07) is 8.58. The molecule has 3 atom stereocenters. The second-order valence-corrected chi connectivity index (χ2v) is 7.52. The molecule has 1 aromatic carbocycles.